The average molecular weight is 587 g/mol. The minimum Gasteiger partial charge on any atom is -0.302 e. The molecular weight excluding hydrogens is 534 g/mol. The van der Waals surface area contributed by atoms with Crippen molar-refractivity contribution in [3.8, 4) is 0 Å². The van der Waals surface area contributed by atoms with Crippen molar-refractivity contribution in [1.82, 2.24) is 0 Å². The first-order valence-electron chi connectivity index (χ1n) is 13.8. The quantitative estimate of drug-likeness (QED) is 0.0961. The van der Waals surface area contributed by atoms with Gasteiger partial charge in [0.1, 0.15) is 0 Å². The van der Waals surface area contributed by atoms with E-state index in [4.69, 9.17) is 9.79 Å². The Kier molecular flexibility index (Phi) is 19.9. The standard InChI is InChI=1S/C30H52O7P2/c1-25(2)13-8-14-26(3)15-9-16-27(4)17-10-18-28(5)19-11-20-29(6)21-12-22-30(7)23-24-36-39(34,35)37-38(31,32)33/h13,15,17,19,21,23H,8-12,14,16,18,20,22,24H2,1-7H3,(H,34,35)(H2,31,32,33)/b26-15+,27-17+,28-19+,29-21+,30-23+. The molecule has 0 saturated heterocycles. The Morgan fingerprint density at radius 2 is 0.846 bits per heavy atom. The summed E-state index contributed by atoms with van der Waals surface area (Å²) < 4.78 is 30.4. The minimum absolute atomic E-state index is 0.269. The lowest BCUT2D eigenvalue weighted by Gasteiger charge is -2.11. The van der Waals surface area contributed by atoms with Crippen molar-refractivity contribution in [2.75, 3.05) is 6.61 Å². The molecule has 0 aromatic carbocycles. The van der Waals surface area contributed by atoms with Crippen molar-refractivity contribution >= 4 is 15.6 Å². The van der Waals surface area contributed by atoms with Gasteiger partial charge in [0.05, 0.1) is 6.61 Å². The Labute approximate surface area is 237 Å². The number of hydrogen-bond acceptors (Lipinski definition) is 4. The van der Waals surface area contributed by atoms with Crippen LogP contribution in [0.15, 0.2) is 69.9 Å². The van der Waals surface area contributed by atoms with Gasteiger partial charge in [-0.1, -0.05) is 69.9 Å². The molecule has 0 fully saturated rings. The van der Waals surface area contributed by atoms with Crippen molar-refractivity contribution in [2.45, 2.75) is 113 Å². The number of phosphoric ester groups is 1. The molecule has 0 rings (SSSR count). The highest BCUT2D eigenvalue weighted by Gasteiger charge is 2.31. The summed E-state index contributed by atoms with van der Waals surface area (Å²) in [6, 6.07) is 0. The monoisotopic (exact) mass is 586 g/mol. The van der Waals surface area contributed by atoms with Gasteiger partial charge in [-0.05, 0) is 113 Å². The van der Waals surface area contributed by atoms with E-state index in [1.165, 1.54) is 27.9 Å². The molecule has 0 saturated carbocycles. The Balaban J connectivity index is 4.24. The van der Waals surface area contributed by atoms with Crippen molar-refractivity contribution < 1.29 is 32.6 Å². The van der Waals surface area contributed by atoms with Crippen LogP contribution in [0.3, 0.4) is 0 Å². The van der Waals surface area contributed by atoms with Gasteiger partial charge in [-0.25, -0.2) is 9.13 Å². The summed E-state index contributed by atoms with van der Waals surface area (Å²) in [5.41, 5.74) is 8.02. The van der Waals surface area contributed by atoms with Gasteiger partial charge in [0.15, 0.2) is 0 Å². The molecule has 0 aromatic heterocycles. The normalized spacial score (nSPS) is 15.9. The van der Waals surface area contributed by atoms with Crippen LogP contribution in [0.5, 0.6) is 0 Å². The van der Waals surface area contributed by atoms with Crippen LogP contribution in [-0.4, -0.2) is 21.3 Å². The smallest absolute Gasteiger partial charge is 0.302 e. The van der Waals surface area contributed by atoms with Gasteiger partial charge in [-0.15, -0.1) is 0 Å². The predicted molar refractivity (Wildman–Crippen MR) is 163 cm³/mol. The van der Waals surface area contributed by atoms with E-state index < -0.39 is 15.6 Å². The zero-order valence-electron chi connectivity index (χ0n) is 25.1. The molecule has 0 aromatic rings. The van der Waals surface area contributed by atoms with Crippen molar-refractivity contribution in [2.24, 2.45) is 0 Å². The van der Waals surface area contributed by atoms with Gasteiger partial charge in [0, 0.05) is 0 Å². The molecule has 0 aliphatic rings. The highest BCUT2D eigenvalue weighted by atomic mass is 31.3. The van der Waals surface area contributed by atoms with Crippen LogP contribution in [0.4, 0.5) is 0 Å². The third-order valence-corrected chi connectivity index (χ3v) is 8.25. The van der Waals surface area contributed by atoms with Crippen LogP contribution in [0, 0.1) is 0 Å². The van der Waals surface area contributed by atoms with Gasteiger partial charge < -0.3 is 14.7 Å². The first kappa shape index (κ1) is 37.7. The molecular formula is C30H52O7P2. The molecule has 39 heavy (non-hydrogen) atoms. The van der Waals surface area contributed by atoms with Crippen molar-refractivity contribution in [3.63, 3.8) is 0 Å². The molecule has 0 amide bonds. The summed E-state index contributed by atoms with van der Waals surface area (Å²) >= 11 is 0. The second-order valence-electron chi connectivity index (χ2n) is 10.6. The second kappa shape index (κ2) is 20.6. The molecule has 0 bridgehead atoms. The van der Waals surface area contributed by atoms with Crippen LogP contribution in [0.1, 0.15) is 113 Å². The van der Waals surface area contributed by atoms with E-state index in [1.807, 2.05) is 6.92 Å². The van der Waals surface area contributed by atoms with Gasteiger partial charge in [0.25, 0.3) is 0 Å². The lowest BCUT2D eigenvalue weighted by molar-refractivity contribution is 0.191. The third kappa shape index (κ3) is 25.4. The third-order valence-electron chi connectivity index (χ3n) is 6.10. The summed E-state index contributed by atoms with van der Waals surface area (Å²) in [7, 11) is -9.88. The molecule has 0 radical (unpaired) electrons. The topological polar surface area (TPSA) is 113 Å². The fraction of sp³-hybridized carbons (Fsp3) is 0.600. The maximum atomic E-state index is 11.4. The second-order valence-corrected chi connectivity index (χ2v) is 13.4. The Bertz CT molecular complexity index is 1010. The summed E-state index contributed by atoms with van der Waals surface area (Å²) in [5.74, 6) is 0. The Morgan fingerprint density at radius 3 is 1.15 bits per heavy atom. The summed E-state index contributed by atoms with van der Waals surface area (Å²) in [4.78, 5) is 26.4. The van der Waals surface area contributed by atoms with Gasteiger partial charge in [0.2, 0.25) is 0 Å². The van der Waals surface area contributed by atoms with Crippen LogP contribution in [0.25, 0.3) is 0 Å². The van der Waals surface area contributed by atoms with Crippen molar-refractivity contribution in [1.29, 1.82) is 0 Å². The van der Waals surface area contributed by atoms with Crippen molar-refractivity contribution in [3.05, 3.63) is 69.9 Å². The lowest BCUT2D eigenvalue weighted by atomic mass is 10.0. The van der Waals surface area contributed by atoms with Crippen LogP contribution in [-0.2, 0) is 18.0 Å². The van der Waals surface area contributed by atoms with Gasteiger partial charge >= 0.3 is 15.6 Å². The van der Waals surface area contributed by atoms with E-state index in [9.17, 15) is 14.0 Å². The maximum Gasteiger partial charge on any atom is 0.481 e. The fourth-order valence-corrected chi connectivity index (χ4v) is 5.24. The molecule has 1 unspecified atom stereocenters. The Morgan fingerprint density at radius 1 is 0.538 bits per heavy atom. The fourth-order valence-electron chi connectivity index (χ4n) is 3.72. The summed E-state index contributed by atoms with van der Waals surface area (Å²) in [6.45, 7) is 14.7. The van der Waals surface area contributed by atoms with Crippen LogP contribution < -0.4 is 0 Å². The molecule has 0 spiro atoms. The number of phosphoric acid groups is 2. The molecule has 9 heteroatoms. The van der Waals surface area contributed by atoms with E-state index in [1.54, 1.807) is 6.08 Å². The van der Waals surface area contributed by atoms with Gasteiger partial charge in [-0.2, -0.15) is 4.31 Å². The lowest BCUT2D eigenvalue weighted by Crippen LogP contribution is -1.94. The number of rotatable bonds is 20. The zero-order valence-corrected chi connectivity index (χ0v) is 26.9. The highest BCUT2D eigenvalue weighted by Crippen LogP contribution is 2.57. The van der Waals surface area contributed by atoms with E-state index in [0.29, 0.717) is 0 Å². The van der Waals surface area contributed by atoms with Crippen LogP contribution in [0.2, 0.25) is 0 Å². The largest absolute Gasteiger partial charge is 0.481 e. The first-order chi connectivity index (χ1) is 18.1. The zero-order chi connectivity index (χ0) is 29.9. The molecule has 224 valence electrons. The summed E-state index contributed by atoms with van der Waals surface area (Å²) in [6.07, 6.45) is 23.5. The van der Waals surface area contributed by atoms with E-state index in [0.717, 1.165) is 69.8 Å². The predicted octanol–water partition coefficient (Wildman–Crippen LogP) is 9.81. The molecule has 3 N–H and O–H groups in total. The highest BCUT2D eigenvalue weighted by molar-refractivity contribution is 7.60. The number of allylic oxidation sites excluding steroid dienone is 11. The summed E-state index contributed by atoms with van der Waals surface area (Å²) in [5, 5.41) is 0. The molecule has 7 nitrogen and oxygen atoms in total. The SMILES string of the molecule is CC(C)=CCC/C(C)=C/CC/C(C)=C/CC/C(C)=C/CC/C(C)=C/CC/C(C)=C/COP(=O)(O)OP(=O)(O)O. The maximum absolute atomic E-state index is 11.4. The Hall–Kier alpha value is -1.30. The first-order valence-corrected chi connectivity index (χ1v) is 16.8. The number of hydrogen-bond donors (Lipinski definition) is 3. The van der Waals surface area contributed by atoms with E-state index in [-0.39, 0.29) is 6.61 Å². The van der Waals surface area contributed by atoms with Crippen LogP contribution >= 0.6 is 15.6 Å². The molecule has 0 aliphatic carbocycles. The molecule has 1 atom stereocenters. The minimum atomic E-state index is -5.09. The molecule has 0 heterocycles. The average Bonchev–Trinajstić information content (AvgIpc) is 2.77. The molecule has 0 aliphatic heterocycles. The van der Waals surface area contributed by atoms with E-state index >= 15 is 0 Å². The van der Waals surface area contributed by atoms with Gasteiger partial charge in [-0.3, -0.25) is 4.52 Å². The van der Waals surface area contributed by atoms with E-state index in [2.05, 4.69) is 80.8 Å².